The van der Waals surface area contributed by atoms with Gasteiger partial charge in [-0.15, -0.1) is 0 Å². The first-order chi connectivity index (χ1) is 8.67. The third-order valence-electron chi connectivity index (χ3n) is 4.00. The molecule has 0 radical (unpaired) electrons. The number of hydrogen-bond donors (Lipinski definition) is 1. The summed E-state index contributed by atoms with van der Waals surface area (Å²) in [6.45, 7) is 5.95. The van der Waals surface area contributed by atoms with Gasteiger partial charge >= 0.3 is 0 Å². The molecule has 4 heteroatoms. The highest BCUT2D eigenvalue weighted by molar-refractivity contribution is 4.78. The van der Waals surface area contributed by atoms with E-state index < -0.39 is 0 Å². The van der Waals surface area contributed by atoms with E-state index in [0.29, 0.717) is 12.1 Å². The number of nitrogens with zero attached hydrogens (tertiary/aromatic N) is 1. The van der Waals surface area contributed by atoms with Crippen molar-refractivity contribution in [2.24, 2.45) is 11.7 Å². The van der Waals surface area contributed by atoms with Gasteiger partial charge in [-0.3, -0.25) is 4.90 Å². The SMILES string of the molecule is COCCN(CC1CCC(N)CC1)C(C)COC. The molecule has 0 aliphatic heterocycles. The predicted octanol–water partition coefficient (Wildman–Crippen LogP) is 1.49. The molecule has 1 unspecified atom stereocenters. The zero-order valence-electron chi connectivity index (χ0n) is 12.2. The Kier molecular flexibility index (Phi) is 7.82. The first-order valence-electron chi connectivity index (χ1n) is 7.14. The molecule has 4 nitrogen and oxygen atoms in total. The summed E-state index contributed by atoms with van der Waals surface area (Å²) in [5.41, 5.74) is 5.96. The molecular weight excluding hydrogens is 228 g/mol. The van der Waals surface area contributed by atoms with E-state index in [1.54, 1.807) is 14.2 Å². The Hall–Kier alpha value is -0.160. The molecule has 1 saturated carbocycles. The van der Waals surface area contributed by atoms with E-state index in [2.05, 4.69) is 11.8 Å². The lowest BCUT2D eigenvalue weighted by molar-refractivity contribution is 0.0596. The first-order valence-corrected chi connectivity index (χ1v) is 7.14. The van der Waals surface area contributed by atoms with Gasteiger partial charge in [-0.1, -0.05) is 0 Å². The molecule has 1 fully saturated rings. The van der Waals surface area contributed by atoms with Crippen molar-refractivity contribution in [2.45, 2.75) is 44.7 Å². The smallest absolute Gasteiger partial charge is 0.0615 e. The van der Waals surface area contributed by atoms with Gasteiger partial charge in [-0.05, 0) is 38.5 Å². The Morgan fingerprint density at radius 1 is 1.17 bits per heavy atom. The van der Waals surface area contributed by atoms with Crippen LogP contribution in [0.25, 0.3) is 0 Å². The molecule has 0 heterocycles. The normalized spacial score (nSPS) is 26.5. The Bertz CT molecular complexity index is 206. The van der Waals surface area contributed by atoms with Crippen LogP contribution in [0.1, 0.15) is 32.6 Å². The molecule has 18 heavy (non-hydrogen) atoms. The zero-order chi connectivity index (χ0) is 13.4. The van der Waals surface area contributed by atoms with Crippen LogP contribution in [0, 0.1) is 5.92 Å². The van der Waals surface area contributed by atoms with Crippen LogP contribution in [-0.2, 0) is 9.47 Å². The van der Waals surface area contributed by atoms with Crippen LogP contribution in [0.2, 0.25) is 0 Å². The van der Waals surface area contributed by atoms with Crippen LogP contribution < -0.4 is 5.73 Å². The minimum absolute atomic E-state index is 0.435. The van der Waals surface area contributed by atoms with Gasteiger partial charge in [0, 0.05) is 39.4 Å². The van der Waals surface area contributed by atoms with Crippen molar-refractivity contribution in [1.29, 1.82) is 0 Å². The molecule has 0 spiro atoms. The van der Waals surface area contributed by atoms with Crippen LogP contribution in [-0.4, -0.2) is 57.5 Å². The van der Waals surface area contributed by atoms with Gasteiger partial charge in [0.25, 0.3) is 0 Å². The number of hydrogen-bond acceptors (Lipinski definition) is 4. The molecule has 0 aromatic rings. The average molecular weight is 258 g/mol. The van der Waals surface area contributed by atoms with E-state index in [0.717, 1.165) is 32.2 Å². The van der Waals surface area contributed by atoms with Crippen molar-refractivity contribution < 1.29 is 9.47 Å². The second kappa shape index (κ2) is 8.86. The van der Waals surface area contributed by atoms with Crippen molar-refractivity contribution in [3.63, 3.8) is 0 Å². The maximum atomic E-state index is 5.96. The third kappa shape index (κ3) is 5.65. The van der Waals surface area contributed by atoms with Gasteiger partial charge in [0.2, 0.25) is 0 Å². The third-order valence-corrected chi connectivity index (χ3v) is 4.00. The van der Waals surface area contributed by atoms with Crippen molar-refractivity contribution in [1.82, 2.24) is 4.90 Å². The molecule has 0 saturated heterocycles. The number of methoxy groups -OCH3 is 2. The highest BCUT2D eigenvalue weighted by Gasteiger charge is 2.23. The fourth-order valence-electron chi connectivity index (χ4n) is 2.75. The van der Waals surface area contributed by atoms with Gasteiger partial charge in [-0.25, -0.2) is 0 Å². The van der Waals surface area contributed by atoms with E-state index in [1.165, 1.54) is 25.7 Å². The Labute approximate surface area is 112 Å². The molecule has 1 aliphatic carbocycles. The molecule has 0 aromatic carbocycles. The van der Waals surface area contributed by atoms with E-state index in [-0.39, 0.29) is 0 Å². The summed E-state index contributed by atoms with van der Waals surface area (Å²) in [6.07, 6.45) is 4.90. The predicted molar refractivity (Wildman–Crippen MR) is 74.7 cm³/mol. The highest BCUT2D eigenvalue weighted by atomic mass is 16.5. The molecule has 0 aromatic heterocycles. The van der Waals surface area contributed by atoms with Crippen molar-refractivity contribution in [3.05, 3.63) is 0 Å². The zero-order valence-corrected chi connectivity index (χ0v) is 12.2. The second-order valence-electron chi connectivity index (χ2n) is 5.57. The molecule has 2 N–H and O–H groups in total. The number of ether oxygens (including phenoxy) is 2. The summed E-state index contributed by atoms with van der Waals surface area (Å²) >= 11 is 0. The van der Waals surface area contributed by atoms with Crippen molar-refractivity contribution in [2.75, 3.05) is 40.5 Å². The van der Waals surface area contributed by atoms with E-state index >= 15 is 0 Å². The van der Waals surface area contributed by atoms with Crippen LogP contribution in [0.3, 0.4) is 0 Å². The lowest BCUT2D eigenvalue weighted by Gasteiger charge is -2.34. The molecule has 0 amide bonds. The largest absolute Gasteiger partial charge is 0.383 e. The summed E-state index contributed by atoms with van der Waals surface area (Å²) in [6, 6.07) is 0.894. The van der Waals surface area contributed by atoms with Gasteiger partial charge in [0.1, 0.15) is 0 Å². The van der Waals surface area contributed by atoms with Crippen LogP contribution in [0.4, 0.5) is 0 Å². The summed E-state index contributed by atoms with van der Waals surface area (Å²) in [4.78, 5) is 2.49. The molecular formula is C14H30N2O2. The summed E-state index contributed by atoms with van der Waals surface area (Å²) < 4.78 is 10.5. The lowest BCUT2D eigenvalue weighted by atomic mass is 9.86. The lowest BCUT2D eigenvalue weighted by Crippen LogP contribution is -2.42. The van der Waals surface area contributed by atoms with Crippen LogP contribution in [0.5, 0.6) is 0 Å². The molecule has 108 valence electrons. The molecule has 1 atom stereocenters. The van der Waals surface area contributed by atoms with Crippen LogP contribution >= 0.6 is 0 Å². The summed E-state index contributed by atoms with van der Waals surface area (Å²) in [7, 11) is 3.53. The topological polar surface area (TPSA) is 47.7 Å². The molecule has 1 rings (SSSR count). The van der Waals surface area contributed by atoms with E-state index in [4.69, 9.17) is 15.2 Å². The molecule has 0 bridgehead atoms. The van der Waals surface area contributed by atoms with Crippen molar-refractivity contribution >= 4 is 0 Å². The highest BCUT2D eigenvalue weighted by Crippen LogP contribution is 2.24. The maximum absolute atomic E-state index is 5.96. The van der Waals surface area contributed by atoms with Gasteiger partial charge in [-0.2, -0.15) is 0 Å². The molecule has 1 aliphatic rings. The Balaban J connectivity index is 2.39. The Morgan fingerprint density at radius 2 is 1.83 bits per heavy atom. The minimum Gasteiger partial charge on any atom is -0.383 e. The summed E-state index contributed by atoms with van der Waals surface area (Å²) in [5, 5.41) is 0. The minimum atomic E-state index is 0.435. The van der Waals surface area contributed by atoms with E-state index in [9.17, 15) is 0 Å². The number of rotatable bonds is 8. The van der Waals surface area contributed by atoms with Crippen molar-refractivity contribution in [3.8, 4) is 0 Å². The van der Waals surface area contributed by atoms with Gasteiger partial charge < -0.3 is 15.2 Å². The first kappa shape index (κ1) is 15.9. The van der Waals surface area contributed by atoms with E-state index in [1.807, 2.05) is 0 Å². The fraction of sp³-hybridized carbons (Fsp3) is 1.00. The maximum Gasteiger partial charge on any atom is 0.0615 e. The Morgan fingerprint density at radius 3 is 2.39 bits per heavy atom. The quantitative estimate of drug-likeness (QED) is 0.716. The van der Waals surface area contributed by atoms with Gasteiger partial charge in [0.15, 0.2) is 0 Å². The second-order valence-corrected chi connectivity index (χ2v) is 5.57. The van der Waals surface area contributed by atoms with Crippen LogP contribution in [0.15, 0.2) is 0 Å². The van der Waals surface area contributed by atoms with Gasteiger partial charge in [0.05, 0.1) is 13.2 Å². The number of nitrogens with two attached hydrogens (primary N) is 1. The summed E-state index contributed by atoms with van der Waals surface area (Å²) in [5.74, 6) is 0.793. The average Bonchev–Trinajstić information content (AvgIpc) is 2.37. The fourth-order valence-corrected chi connectivity index (χ4v) is 2.75. The monoisotopic (exact) mass is 258 g/mol. The standard InChI is InChI=1S/C14H30N2O2/c1-12(11-18-3)16(8-9-17-2)10-13-4-6-14(15)7-5-13/h12-14H,4-11,15H2,1-3H3.